The minimum absolute atomic E-state index is 0.00768. The zero-order chi connectivity index (χ0) is 10.0. The highest BCUT2D eigenvalue weighted by molar-refractivity contribution is 9.10. The number of carbonyl (C=O) groups is 1. The largest absolute Gasteiger partial charge is 0.295 e. The molecule has 1 aromatic carbocycles. The Balaban J connectivity index is 3.39. The van der Waals surface area contributed by atoms with Crippen LogP contribution in [0, 0.1) is 18.3 Å². The first-order valence-electron chi connectivity index (χ1n) is 3.77. The number of hydrogen-bond acceptors (Lipinski definition) is 2. The van der Waals surface area contributed by atoms with Crippen molar-refractivity contribution in [1.29, 1.82) is 5.26 Å². The molecule has 0 saturated heterocycles. The van der Waals surface area contributed by atoms with Crippen molar-refractivity contribution in [1.82, 2.24) is 0 Å². The zero-order valence-corrected chi connectivity index (χ0v) is 8.97. The summed E-state index contributed by atoms with van der Waals surface area (Å²) in [5, 5.41) is 8.76. The van der Waals surface area contributed by atoms with Gasteiger partial charge in [-0.15, -0.1) is 0 Å². The fraction of sp³-hybridized carbons (Fsp3) is 0.200. The van der Waals surface area contributed by atoms with Gasteiger partial charge in [-0.1, -0.05) is 0 Å². The van der Waals surface area contributed by atoms with Gasteiger partial charge in [0.15, 0.2) is 5.78 Å². The summed E-state index contributed by atoms with van der Waals surface area (Å²) in [6.45, 7) is 3.32. The van der Waals surface area contributed by atoms with Crippen LogP contribution in [0.1, 0.15) is 28.4 Å². The van der Waals surface area contributed by atoms with Gasteiger partial charge < -0.3 is 0 Å². The Hall–Kier alpha value is -1.14. The van der Waals surface area contributed by atoms with Gasteiger partial charge in [0.05, 0.1) is 5.56 Å². The maximum atomic E-state index is 11.0. The molecule has 0 N–H and O–H groups in total. The second kappa shape index (κ2) is 3.71. The van der Waals surface area contributed by atoms with Gasteiger partial charge in [-0.3, -0.25) is 4.79 Å². The van der Waals surface area contributed by atoms with E-state index in [9.17, 15) is 4.79 Å². The molecule has 1 rings (SSSR count). The summed E-state index contributed by atoms with van der Waals surface area (Å²) >= 11 is 3.25. The molecule has 0 bridgehead atoms. The molecule has 0 spiro atoms. The van der Waals surface area contributed by atoms with Gasteiger partial charge in [0.2, 0.25) is 0 Å². The Labute approximate surface area is 85.3 Å². The average molecular weight is 238 g/mol. The van der Waals surface area contributed by atoms with E-state index < -0.39 is 0 Å². The standard InChI is InChI=1S/C10H8BrNO/c1-6-3-8(7(2)13)4-10(11)9(6)5-12/h3-4H,1-2H3. The number of halogens is 1. The normalized spacial score (nSPS) is 9.38. The van der Waals surface area contributed by atoms with Crippen molar-refractivity contribution in [2.45, 2.75) is 13.8 Å². The highest BCUT2D eigenvalue weighted by Crippen LogP contribution is 2.21. The number of hydrogen-bond donors (Lipinski definition) is 0. The Morgan fingerprint density at radius 1 is 1.54 bits per heavy atom. The number of aryl methyl sites for hydroxylation is 1. The molecule has 0 radical (unpaired) electrons. The molecular weight excluding hydrogens is 230 g/mol. The van der Waals surface area contributed by atoms with E-state index in [-0.39, 0.29) is 5.78 Å². The van der Waals surface area contributed by atoms with Crippen molar-refractivity contribution in [3.05, 3.63) is 33.3 Å². The smallest absolute Gasteiger partial charge is 0.159 e. The van der Waals surface area contributed by atoms with E-state index in [1.165, 1.54) is 6.92 Å². The lowest BCUT2D eigenvalue weighted by Crippen LogP contribution is -1.95. The Morgan fingerprint density at radius 2 is 2.15 bits per heavy atom. The molecule has 13 heavy (non-hydrogen) atoms. The van der Waals surface area contributed by atoms with Gasteiger partial charge >= 0.3 is 0 Å². The molecule has 66 valence electrons. The number of carbonyl (C=O) groups excluding carboxylic acids is 1. The molecule has 0 aliphatic carbocycles. The van der Waals surface area contributed by atoms with Gasteiger partial charge in [-0.05, 0) is 47.5 Å². The van der Waals surface area contributed by atoms with Crippen LogP contribution in [0.15, 0.2) is 16.6 Å². The Morgan fingerprint density at radius 3 is 2.54 bits per heavy atom. The molecule has 3 heteroatoms. The maximum absolute atomic E-state index is 11.0. The van der Waals surface area contributed by atoms with Crippen LogP contribution in [0.4, 0.5) is 0 Å². The van der Waals surface area contributed by atoms with Gasteiger partial charge in [0, 0.05) is 10.0 Å². The summed E-state index contributed by atoms with van der Waals surface area (Å²) in [6.07, 6.45) is 0. The van der Waals surface area contributed by atoms with E-state index in [0.717, 1.165) is 5.56 Å². The fourth-order valence-electron chi connectivity index (χ4n) is 1.09. The van der Waals surface area contributed by atoms with Gasteiger partial charge in [-0.25, -0.2) is 0 Å². The highest BCUT2D eigenvalue weighted by Gasteiger charge is 2.07. The molecule has 0 amide bonds. The van der Waals surface area contributed by atoms with Crippen molar-refractivity contribution in [2.75, 3.05) is 0 Å². The van der Waals surface area contributed by atoms with Crippen molar-refractivity contribution in [3.63, 3.8) is 0 Å². The summed E-state index contributed by atoms with van der Waals surface area (Å²) in [6, 6.07) is 5.47. The number of nitriles is 1. The summed E-state index contributed by atoms with van der Waals surface area (Å²) in [4.78, 5) is 11.0. The van der Waals surface area contributed by atoms with E-state index in [0.29, 0.717) is 15.6 Å². The SMILES string of the molecule is CC(=O)c1cc(C)c(C#N)c(Br)c1. The van der Waals surface area contributed by atoms with E-state index in [2.05, 4.69) is 22.0 Å². The predicted octanol–water partition coefficient (Wildman–Crippen LogP) is 2.83. The molecular formula is C10H8BrNO. The third-order valence-electron chi connectivity index (χ3n) is 1.81. The van der Waals surface area contributed by atoms with Crippen LogP contribution < -0.4 is 0 Å². The number of Topliss-reactive ketones (excluding diaryl/α,β-unsaturated/α-hetero) is 1. The van der Waals surface area contributed by atoms with Gasteiger partial charge in [0.1, 0.15) is 6.07 Å². The summed E-state index contributed by atoms with van der Waals surface area (Å²) < 4.78 is 0.681. The predicted molar refractivity (Wildman–Crippen MR) is 53.6 cm³/mol. The molecule has 0 aromatic heterocycles. The lowest BCUT2D eigenvalue weighted by molar-refractivity contribution is 0.101. The van der Waals surface area contributed by atoms with Crippen LogP contribution in [-0.4, -0.2) is 5.78 Å². The first-order valence-corrected chi connectivity index (χ1v) is 4.56. The lowest BCUT2D eigenvalue weighted by atomic mass is 10.0. The van der Waals surface area contributed by atoms with E-state index in [1.807, 2.05) is 6.92 Å². The van der Waals surface area contributed by atoms with Crippen LogP contribution in [0.5, 0.6) is 0 Å². The molecule has 0 unspecified atom stereocenters. The zero-order valence-electron chi connectivity index (χ0n) is 7.39. The third-order valence-corrected chi connectivity index (χ3v) is 2.43. The van der Waals surface area contributed by atoms with E-state index in [1.54, 1.807) is 12.1 Å². The molecule has 0 aliphatic rings. The molecule has 2 nitrogen and oxygen atoms in total. The summed E-state index contributed by atoms with van der Waals surface area (Å²) in [5.74, 6) is 0.00768. The summed E-state index contributed by atoms with van der Waals surface area (Å²) in [7, 11) is 0. The van der Waals surface area contributed by atoms with Gasteiger partial charge in [-0.2, -0.15) is 5.26 Å². The van der Waals surface area contributed by atoms with Gasteiger partial charge in [0.25, 0.3) is 0 Å². The van der Waals surface area contributed by atoms with Crippen LogP contribution in [0.2, 0.25) is 0 Å². The number of benzene rings is 1. The molecule has 0 aliphatic heterocycles. The second-order valence-electron chi connectivity index (χ2n) is 2.82. The third kappa shape index (κ3) is 1.96. The van der Waals surface area contributed by atoms with Crippen LogP contribution >= 0.6 is 15.9 Å². The monoisotopic (exact) mass is 237 g/mol. The van der Waals surface area contributed by atoms with Crippen molar-refractivity contribution in [3.8, 4) is 6.07 Å². The molecule has 0 saturated carbocycles. The van der Waals surface area contributed by atoms with Crippen LogP contribution in [-0.2, 0) is 0 Å². The van der Waals surface area contributed by atoms with E-state index >= 15 is 0 Å². The average Bonchev–Trinajstić information content (AvgIpc) is 2.03. The van der Waals surface area contributed by atoms with Crippen molar-refractivity contribution in [2.24, 2.45) is 0 Å². The quantitative estimate of drug-likeness (QED) is 0.706. The van der Waals surface area contributed by atoms with Crippen molar-refractivity contribution >= 4 is 21.7 Å². The molecule has 0 heterocycles. The Bertz CT molecular complexity index is 381. The molecule has 0 atom stereocenters. The fourth-order valence-corrected chi connectivity index (χ4v) is 1.74. The maximum Gasteiger partial charge on any atom is 0.159 e. The first kappa shape index (κ1) is 9.94. The molecule has 1 aromatic rings. The lowest BCUT2D eigenvalue weighted by Gasteiger charge is -2.02. The minimum atomic E-state index is 0.00768. The van der Waals surface area contributed by atoms with E-state index in [4.69, 9.17) is 5.26 Å². The Kier molecular flexibility index (Phi) is 2.84. The highest BCUT2D eigenvalue weighted by atomic mass is 79.9. The topological polar surface area (TPSA) is 40.9 Å². The van der Waals surface area contributed by atoms with Crippen molar-refractivity contribution < 1.29 is 4.79 Å². The minimum Gasteiger partial charge on any atom is -0.295 e. The van der Waals surface area contributed by atoms with Crippen LogP contribution in [0.3, 0.4) is 0 Å². The second-order valence-corrected chi connectivity index (χ2v) is 3.67. The first-order chi connectivity index (χ1) is 6.06. The summed E-state index contributed by atoms with van der Waals surface area (Å²) in [5.41, 5.74) is 2.04. The molecule has 0 fully saturated rings. The number of ketones is 1. The number of rotatable bonds is 1. The van der Waals surface area contributed by atoms with Crippen LogP contribution in [0.25, 0.3) is 0 Å². The number of nitrogens with zero attached hydrogens (tertiary/aromatic N) is 1.